The molecule has 0 N–H and O–H groups in total. The zero-order chi connectivity index (χ0) is 19.3. The fourth-order valence-corrected chi connectivity index (χ4v) is 4.11. The van der Waals surface area contributed by atoms with Gasteiger partial charge < -0.3 is 4.74 Å². The van der Waals surface area contributed by atoms with Crippen LogP contribution in [0.5, 0.6) is 5.75 Å². The van der Waals surface area contributed by atoms with Gasteiger partial charge in [0.2, 0.25) is 0 Å². The Morgan fingerprint density at radius 2 is 1.56 bits per heavy atom. The summed E-state index contributed by atoms with van der Waals surface area (Å²) in [5.41, 5.74) is 1.84. The lowest BCUT2D eigenvalue weighted by Crippen LogP contribution is -2.30. The molecule has 0 saturated heterocycles. The minimum absolute atomic E-state index is 0.148. The van der Waals surface area contributed by atoms with Gasteiger partial charge in [0.1, 0.15) is 5.75 Å². The number of nitrogens with zero attached hydrogens (tertiary/aromatic N) is 2. The largest absolute Gasteiger partial charge is 0.497 e. The summed E-state index contributed by atoms with van der Waals surface area (Å²) in [5, 5.41) is 8.95. The second kappa shape index (κ2) is 7.94. The monoisotopic (exact) mass is 378 g/mol. The SMILES string of the molecule is COc1ccc(N(Cc2ccc(C#N)cc2)S(=O)(=O)c2ccccc2)cc1. The molecule has 3 aromatic carbocycles. The molecule has 0 aliphatic heterocycles. The van der Waals surface area contributed by atoms with E-state index in [9.17, 15) is 8.42 Å². The van der Waals surface area contributed by atoms with Crippen molar-refractivity contribution in [1.82, 2.24) is 0 Å². The highest BCUT2D eigenvalue weighted by atomic mass is 32.2. The van der Waals surface area contributed by atoms with E-state index in [0.717, 1.165) is 5.56 Å². The molecular formula is C21H18N2O3S. The smallest absolute Gasteiger partial charge is 0.264 e. The molecular weight excluding hydrogens is 360 g/mol. The number of ether oxygens (including phenoxy) is 1. The van der Waals surface area contributed by atoms with Crippen molar-refractivity contribution >= 4 is 15.7 Å². The van der Waals surface area contributed by atoms with Crippen molar-refractivity contribution < 1.29 is 13.2 Å². The summed E-state index contributed by atoms with van der Waals surface area (Å²) in [6, 6.07) is 24.1. The van der Waals surface area contributed by atoms with E-state index >= 15 is 0 Å². The predicted octanol–water partition coefficient (Wildman–Crippen LogP) is 3.96. The van der Waals surface area contributed by atoms with Crippen LogP contribution in [0.15, 0.2) is 83.8 Å². The molecule has 136 valence electrons. The Labute approximate surface area is 159 Å². The Balaban J connectivity index is 2.03. The van der Waals surface area contributed by atoms with Crippen LogP contribution in [0, 0.1) is 11.3 Å². The first-order chi connectivity index (χ1) is 13.0. The van der Waals surface area contributed by atoms with Gasteiger partial charge in [-0.25, -0.2) is 8.42 Å². The van der Waals surface area contributed by atoms with E-state index in [4.69, 9.17) is 10.00 Å². The van der Waals surface area contributed by atoms with Gasteiger partial charge in [-0.1, -0.05) is 30.3 Å². The average molecular weight is 378 g/mol. The molecule has 0 bridgehead atoms. The van der Waals surface area contributed by atoms with Crippen molar-refractivity contribution in [2.45, 2.75) is 11.4 Å². The number of anilines is 1. The molecule has 0 amide bonds. The van der Waals surface area contributed by atoms with Gasteiger partial charge in [-0.15, -0.1) is 0 Å². The maximum absolute atomic E-state index is 13.3. The summed E-state index contributed by atoms with van der Waals surface area (Å²) in [6.45, 7) is 0.148. The summed E-state index contributed by atoms with van der Waals surface area (Å²) < 4.78 is 33.0. The summed E-state index contributed by atoms with van der Waals surface area (Å²) in [4.78, 5) is 0.217. The second-order valence-corrected chi connectivity index (χ2v) is 7.69. The third-order valence-electron chi connectivity index (χ3n) is 4.10. The molecule has 0 radical (unpaired) electrons. The van der Waals surface area contributed by atoms with E-state index in [1.54, 1.807) is 86.0 Å². The van der Waals surface area contributed by atoms with Crippen LogP contribution < -0.4 is 9.04 Å². The molecule has 6 heteroatoms. The van der Waals surface area contributed by atoms with Gasteiger partial charge >= 0.3 is 0 Å². The highest BCUT2D eigenvalue weighted by Gasteiger charge is 2.25. The van der Waals surface area contributed by atoms with Gasteiger partial charge in [0.25, 0.3) is 10.0 Å². The van der Waals surface area contributed by atoms with E-state index in [1.165, 1.54) is 4.31 Å². The van der Waals surface area contributed by atoms with Crippen LogP contribution in [0.3, 0.4) is 0 Å². The summed E-state index contributed by atoms with van der Waals surface area (Å²) >= 11 is 0. The third kappa shape index (κ3) is 4.10. The Morgan fingerprint density at radius 3 is 2.11 bits per heavy atom. The number of sulfonamides is 1. The standard InChI is InChI=1S/C21H18N2O3S/c1-26-20-13-11-19(12-14-20)23(16-18-9-7-17(15-22)8-10-18)27(24,25)21-5-3-2-4-6-21/h2-14H,16H2,1H3. The van der Waals surface area contributed by atoms with Crippen LogP contribution in [-0.4, -0.2) is 15.5 Å². The zero-order valence-corrected chi connectivity index (χ0v) is 15.6. The number of nitriles is 1. The molecule has 0 fully saturated rings. The number of benzene rings is 3. The Bertz CT molecular complexity index is 1040. The van der Waals surface area contributed by atoms with Gasteiger partial charge in [0, 0.05) is 0 Å². The highest BCUT2D eigenvalue weighted by Crippen LogP contribution is 2.27. The maximum atomic E-state index is 13.3. The van der Waals surface area contributed by atoms with Gasteiger partial charge in [0.05, 0.1) is 35.9 Å². The van der Waals surface area contributed by atoms with Crippen LogP contribution >= 0.6 is 0 Å². The molecule has 0 heterocycles. The molecule has 0 atom stereocenters. The third-order valence-corrected chi connectivity index (χ3v) is 5.89. The minimum atomic E-state index is -3.76. The summed E-state index contributed by atoms with van der Waals surface area (Å²) in [6.07, 6.45) is 0. The number of rotatable bonds is 6. The average Bonchev–Trinajstić information content (AvgIpc) is 2.73. The lowest BCUT2D eigenvalue weighted by atomic mass is 10.1. The fraction of sp³-hybridized carbons (Fsp3) is 0.0952. The number of hydrogen-bond donors (Lipinski definition) is 0. The molecule has 0 unspecified atom stereocenters. The van der Waals surface area contributed by atoms with Crippen molar-refractivity contribution in [2.75, 3.05) is 11.4 Å². The summed E-state index contributed by atoms with van der Waals surface area (Å²) in [5.74, 6) is 0.647. The van der Waals surface area contributed by atoms with Crippen LogP contribution in [0.4, 0.5) is 5.69 Å². The van der Waals surface area contributed by atoms with Gasteiger partial charge in [-0.05, 0) is 54.1 Å². The predicted molar refractivity (Wildman–Crippen MR) is 104 cm³/mol. The Kier molecular flexibility index (Phi) is 5.43. The molecule has 5 nitrogen and oxygen atoms in total. The topological polar surface area (TPSA) is 70.4 Å². The van der Waals surface area contributed by atoms with Gasteiger partial charge in [-0.3, -0.25) is 4.31 Å². The quantitative estimate of drug-likeness (QED) is 0.651. The van der Waals surface area contributed by atoms with Crippen molar-refractivity contribution in [2.24, 2.45) is 0 Å². The van der Waals surface area contributed by atoms with E-state index in [-0.39, 0.29) is 11.4 Å². The first kappa shape index (κ1) is 18.5. The molecule has 3 aromatic rings. The lowest BCUT2D eigenvalue weighted by molar-refractivity contribution is 0.415. The van der Waals surface area contributed by atoms with Crippen molar-refractivity contribution in [3.63, 3.8) is 0 Å². The van der Waals surface area contributed by atoms with E-state index in [1.807, 2.05) is 0 Å². The van der Waals surface area contributed by atoms with Crippen LogP contribution in [0.25, 0.3) is 0 Å². The number of methoxy groups -OCH3 is 1. The highest BCUT2D eigenvalue weighted by molar-refractivity contribution is 7.92. The maximum Gasteiger partial charge on any atom is 0.264 e. The molecule has 0 saturated carbocycles. The Hall–Kier alpha value is -3.30. The van der Waals surface area contributed by atoms with E-state index in [0.29, 0.717) is 17.0 Å². The van der Waals surface area contributed by atoms with Crippen LogP contribution in [0.2, 0.25) is 0 Å². The van der Waals surface area contributed by atoms with Crippen molar-refractivity contribution in [1.29, 1.82) is 5.26 Å². The fourth-order valence-electron chi connectivity index (χ4n) is 2.63. The zero-order valence-electron chi connectivity index (χ0n) is 14.7. The molecule has 0 aliphatic rings. The van der Waals surface area contributed by atoms with Crippen LogP contribution in [0.1, 0.15) is 11.1 Å². The summed E-state index contributed by atoms with van der Waals surface area (Å²) in [7, 11) is -2.20. The minimum Gasteiger partial charge on any atom is -0.497 e. The molecule has 0 spiro atoms. The van der Waals surface area contributed by atoms with Gasteiger partial charge in [-0.2, -0.15) is 5.26 Å². The van der Waals surface area contributed by atoms with E-state index in [2.05, 4.69) is 6.07 Å². The Morgan fingerprint density at radius 1 is 0.926 bits per heavy atom. The number of hydrogen-bond acceptors (Lipinski definition) is 4. The molecule has 0 aliphatic carbocycles. The first-order valence-electron chi connectivity index (χ1n) is 8.25. The lowest BCUT2D eigenvalue weighted by Gasteiger charge is -2.25. The van der Waals surface area contributed by atoms with Crippen LogP contribution in [-0.2, 0) is 16.6 Å². The van der Waals surface area contributed by atoms with Gasteiger partial charge in [0.15, 0.2) is 0 Å². The first-order valence-corrected chi connectivity index (χ1v) is 9.69. The second-order valence-electron chi connectivity index (χ2n) is 5.83. The van der Waals surface area contributed by atoms with Crippen molar-refractivity contribution in [3.05, 3.63) is 90.0 Å². The molecule has 27 heavy (non-hydrogen) atoms. The molecule has 0 aromatic heterocycles. The normalized spacial score (nSPS) is 10.8. The molecule has 3 rings (SSSR count). The van der Waals surface area contributed by atoms with Crippen molar-refractivity contribution in [3.8, 4) is 11.8 Å². The van der Waals surface area contributed by atoms with E-state index < -0.39 is 10.0 Å².